The van der Waals surface area contributed by atoms with Crippen molar-refractivity contribution in [1.82, 2.24) is 10.3 Å². The van der Waals surface area contributed by atoms with Gasteiger partial charge in [-0.05, 0) is 50.5 Å². The van der Waals surface area contributed by atoms with Crippen LogP contribution in [0.4, 0.5) is 5.69 Å². The third-order valence-electron chi connectivity index (χ3n) is 5.29. The quantitative estimate of drug-likeness (QED) is 0.653. The number of aromatic nitrogens is 1. The second-order valence-electron chi connectivity index (χ2n) is 7.45. The fraction of sp³-hybridized carbons (Fsp3) is 0.650. The molecule has 7 nitrogen and oxygen atoms in total. The Morgan fingerprint density at radius 1 is 1.33 bits per heavy atom. The summed E-state index contributed by atoms with van der Waals surface area (Å²) in [5.74, 6) is -0.437. The minimum Gasteiger partial charge on any atom is -0.481 e. The van der Waals surface area contributed by atoms with Crippen LogP contribution in [-0.4, -0.2) is 48.2 Å². The Bertz CT molecular complexity index is 669. The second kappa shape index (κ2) is 9.06. The first-order chi connectivity index (χ1) is 13.1. The third kappa shape index (κ3) is 5.34. The van der Waals surface area contributed by atoms with Gasteiger partial charge in [-0.1, -0.05) is 6.92 Å². The van der Waals surface area contributed by atoms with Gasteiger partial charge in [0.15, 0.2) is 5.69 Å². The molecule has 1 saturated heterocycles. The van der Waals surface area contributed by atoms with Crippen LogP contribution in [0.1, 0.15) is 55.9 Å². The number of carbonyl (C=O) groups excluding carboxylic acids is 1. The van der Waals surface area contributed by atoms with Crippen molar-refractivity contribution in [2.24, 2.45) is 11.8 Å². The molecule has 27 heavy (non-hydrogen) atoms. The fourth-order valence-corrected chi connectivity index (χ4v) is 3.33. The SMILES string of the molecule is CCC(CCNC(=O)c1nc(OCC2CC2)ccc1N1CCCC1)C(=O)O. The maximum absolute atomic E-state index is 12.8. The van der Waals surface area contributed by atoms with Gasteiger partial charge >= 0.3 is 5.97 Å². The molecule has 0 aromatic carbocycles. The fourth-order valence-electron chi connectivity index (χ4n) is 3.33. The zero-order valence-electron chi connectivity index (χ0n) is 15.9. The summed E-state index contributed by atoms with van der Waals surface area (Å²) in [7, 11) is 0. The summed E-state index contributed by atoms with van der Waals surface area (Å²) in [6.07, 6.45) is 5.57. The summed E-state index contributed by atoms with van der Waals surface area (Å²) >= 11 is 0. The van der Waals surface area contributed by atoms with Gasteiger partial charge in [0.2, 0.25) is 5.88 Å². The Kier molecular flexibility index (Phi) is 6.53. The van der Waals surface area contributed by atoms with Crippen molar-refractivity contribution >= 4 is 17.6 Å². The van der Waals surface area contributed by atoms with Gasteiger partial charge in [0.25, 0.3) is 5.91 Å². The van der Waals surface area contributed by atoms with Crippen LogP contribution in [-0.2, 0) is 4.79 Å². The van der Waals surface area contributed by atoms with Crippen molar-refractivity contribution in [1.29, 1.82) is 0 Å². The summed E-state index contributed by atoms with van der Waals surface area (Å²) in [6, 6.07) is 3.76. The van der Waals surface area contributed by atoms with Crippen LogP contribution in [0, 0.1) is 11.8 Å². The molecular formula is C20H29N3O4. The smallest absolute Gasteiger partial charge is 0.306 e. The molecule has 1 saturated carbocycles. The number of anilines is 1. The molecule has 2 fully saturated rings. The Labute approximate surface area is 160 Å². The molecule has 3 rings (SSSR count). The van der Waals surface area contributed by atoms with Crippen molar-refractivity contribution in [3.8, 4) is 5.88 Å². The number of hydrogen-bond donors (Lipinski definition) is 2. The molecule has 1 atom stereocenters. The molecule has 0 radical (unpaired) electrons. The first-order valence-corrected chi connectivity index (χ1v) is 9.98. The number of carboxylic acid groups (broad SMARTS) is 1. The molecule has 1 aliphatic heterocycles. The maximum atomic E-state index is 12.8. The molecule has 148 valence electrons. The predicted molar refractivity (Wildman–Crippen MR) is 102 cm³/mol. The van der Waals surface area contributed by atoms with Crippen LogP contribution in [0.25, 0.3) is 0 Å². The maximum Gasteiger partial charge on any atom is 0.306 e. The van der Waals surface area contributed by atoms with Crippen LogP contribution < -0.4 is 15.0 Å². The normalized spacial score (nSPS) is 17.6. The minimum absolute atomic E-state index is 0.269. The van der Waals surface area contributed by atoms with Crippen LogP contribution in [0.3, 0.4) is 0 Å². The van der Waals surface area contributed by atoms with Crippen LogP contribution in [0.15, 0.2) is 12.1 Å². The van der Waals surface area contributed by atoms with Crippen molar-refractivity contribution in [2.75, 3.05) is 31.1 Å². The summed E-state index contributed by atoms with van der Waals surface area (Å²) in [4.78, 5) is 30.6. The number of ether oxygens (including phenoxy) is 1. The number of carboxylic acids is 1. The zero-order valence-corrected chi connectivity index (χ0v) is 15.9. The number of nitrogens with one attached hydrogen (secondary N) is 1. The number of nitrogens with zero attached hydrogens (tertiary/aromatic N) is 2. The van der Waals surface area contributed by atoms with E-state index in [-0.39, 0.29) is 5.91 Å². The molecule has 2 heterocycles. The molecule has 2 aliphatic rings. The number of carbonyl (C=O) groups is 2. The van der Waals surface area contributed by atoms with E-state index in [1.807, 2.05) is 19.1 Å². The topological polar surface area (TPSA) is 91.8 Å². The molecule has 7 heteroatoms. The Morgan fingerprint density at radius 2 is 2.07 bits per heavy atom. The van der Waals surface area contributed by atoms with E-state index in [9.17, 15) is 9.59 Å². The standard InChI is InChI=1S/C20H29N3O4/c1-2-15(20(25)26)9-10-21-19(24)18-16(23-11-3-4-12-23)7-8-17(22-18)27-13-14-5-6-14/h7-8,14-15H,2-6,9-13H2,1H3,(H,21,24)(H,25,26). The molecule has 0 bridgehead atoms. The summed E-state index contributed by atoms with van der Waals surface area (Å²) in [5, 5.41) is 12.0. The Balaban J connectivity index is 1.67. The zero-order chi connectivity index (χ0) is 19.2. The van der Waals surface area contributed by atoms with Gasteiger partial charge in [-0.15, -0.1) is 0 Å². The molecule has 1 aromatic rings. The lowest BCUT2D eigenvalue weighted by Gasteiger charge is -2.21. The van der Waals surface area contributed by atoms with E-state index >= 15 is 0 Å². The van der Waals surface area contributed by atoms with E-state index < -0.39 is 11.9 Å². The van der Waals surface area contributed by atoms with Gasteiger partial charge in [-0.2, -0.15) is 0 Å². The van der Waals surface area contributed by atoms with Crippen molar-refractivity contribution < 1.29 is 19.4 Å². The lowest BCUT2D eigenvalue weighted by atomic mass is 10.0. The highest BCUT2D eigenvalue weighted by atomic mass is 16.5. The number of amides is 1. The highest BCUT2D eigenvalue weighted by Gasteiger charge is 2.25. The summed E-state index contributed by atoms with van der Waals surface area (Å²) in [5.41, 5.74) is 1.20. The number of aliphatic carboxylic acids is 1. The number of hydrogen-bond acceptors (Lipinski definition) is 5. The van der Waals surface area contributed by atoms with Gasteiger partial charge in [-0.3, -0.25) is 9.59 Å². The van der Waals surface area contributed by atoms with Gasteiger partial charge in [0.1, 0.15) is 0 Å². The van der Waals surface area contributed by atoms with Gasteiger partial charge in [-0.25, -0.2) is 4.98 Å². The number of rotatable bonds is 10. The van der Waals surface area contributed by atoms with Crippen molar-refractivity contribution in [2.45, 2.75) is 45.4 Å². The molecule has 1 amide bonds. The first kappa shape index (κ1) is 19.5. The number of pyridine rings is 1. The average Bonchev–Trinajstić information content (AvgIpc) is 3.34. The largest absolute Gasteiger partial charge is 0.481 e. The van der Waals surface area contributed by atoms with E-state index in [4.69, 9.17) is 9.84 Å². The first-order valence-electron chi connectivity index (χ1n) is 9.98. The van der Waals surface area contributed by atoms with E-state index in [2.05, 4.69) is 15.2 Å². The summed E-state index contributed by atoms with van der Waals surface area (Å²) in [6.45, 7) is 4.64. The monoisotopic (exact) mass is 375 g/mol. The summed E-state index contributed by atoms with van der Waals surface area (Å²) < 4.78 is 5.74. The highest BCUT2D eigenvalue weighted by Crippen LogP contribution is 2.30. The minimum atomic E-state index is -0.821. The lowest BCUT2D eigenvalue weighted by Crippen LogP contribution is -2.31. The predicted octanol–water partition coefficient (Wildman–Crippen LogP) is 2.70. The molecule has 1 aromatic heterocycles. The van der Waals surface area contributed by atoms with Crippen LogP contribution in [0.5, 0.6) is 5.88 Å². The highest BCUT2D eigenvalue weighted by molar-refractivity contribution is 5.98. The molecule has 1 aliphatic carbocycles. The Hall–Kier alpha value is -2.31. The Morgan fingerprint density at radius 3 is 2.70 bits per heavy atom. The second-order valence-corrected chi connectivity index (χ2v) is 7.45. The average molecular weight is 375 g/mol. The van der Waals surface area contributed by atoms with E-state index in [1.165, 1.54) is 12.8 Å². The molecule has 0 spiro atoms. The molecule has 1 unspecified atom stereocenters. The van der Waals surface area contributed by atoms with Crippen molar-refractivity contribution in [3.05, 3.63) is 17.8 Å². The van der Waals surface area contributed by atoms with E-state index in [0.717, 1.165) is 31.6 Å². The van der Waals surface area contributed by atoms with Gasteiger partial charge in [0.05, 0.1) is 18.2 Å². The van der Waals surface area contributed by atoms with Crippen molar-refractivity contribution in [3.63, 3.8) is 0 Å². The lowest BCUT2D eigenvalue weighted by molar-refractivity contribution is -0.142. The molecule has 2 N–H and O–H groups in total. The third-order valence-corrected chi connectivity index (χ3v) is 5.29. The van der Waals surface area contributed by atoms with Crippen LogP contribution in [0.2, 0.25) is 0 Å². The van der Waals surface area contributed by atoms with Gasteiger partial charge in [0, 0.05) is 25.7 Å². The molecular weight excluding hydrogens is 346 g/mol. The van der Waals surface area contributed by atoms with E-state index in [1.54, 1.807) is 0 Å². The van der Waals surface area contributed by atoms with Gasteiger partial charge < -0.3 is 20.1 Å². The van der Waals surface area contributed by atoms with Crippen LogP contribution >= 0.6 is 0 Å². The van der Waals surface area contributed by atoms with E-state index in [0.29, 0.717) is 43.5 Å².